The van der Waals surface area contributed by atoms with E-state index in [0.717, 1.165) is 16.7 Å². The Hall–Kier alpha value is -3.30. The molecule has 2 aromatic heterocycles. The summed E-state index contributed by atoms with van der Waals surface area (Å²) in [5.74, 6) is 0.877. The van der Waals surface area contributed by atoms with Crippen LogP contribution in [0.1, 0.15) is 12.5 Å². The highest BCUT2D eigenvalue weighted by Gasteiger charge is 2.20. The first-order chi connectivity index (χ1) is 15.9. The minimum atomic E-state index is -0.516. The van der Waals surface area contributed by atoms with Gasteiger partial charge < -0.3 is 19.8 Å². The molecule has 170 valence electrons. The second-order valence-electron chi connectivity index (χ2n) is 7.38. The van der Waals surface area contributed by atoms with Gasteiger partial charge in [-0.3, -0.25) is 9.59 Å². The van der Waals surface area contributed by atoms with Crippen molar-refractivity contribution >= 4 is 44.9 Å². The Balaban J connectivity index is 1.55. The molecule has 1 atom stereocenters. The van der Waals surface area contributed by atoms with Gasteiger partial charge in [0.25, 0.3) is 5.56 Å². The van der Waals surface area contributed by atoms with Crippen LogP contribution in [0.25, 0.3) is 21.3 Å². The van der Waals surface area contributed by atoms with Crippen molar-refractivity contribution in [3.8, 4) is 22.6 Å². The van der Waals surface area contributed by atoms with Crippen LogP contribution in [0.3, 0.4) is 0 Å². The fraction of sp³-hybridized carbons (Fsp3) is 0.208. The van der Waals surface area contributed by atoms with Crippen molar-refractivity contribution in [1.29, 1.82) is 0 Å². The van der Waals surface area contributed by atoms with Crippen molar-refractivity contribution in [1.82, 2.24) is 9.97 Å². The zero-order valence-electron chi connectivity index (χ0n) is 18.6. The molecule has 1 amide bonds. The van der Waals surface area contributed by atoms with E-state index in [1.807, 2.05) is 36.6 Å². The first-order valence-corrected chi connectivity index (χ1v) is 11.9. The lowest BCUT2D eigenvalue weighted by atomic mass is 10.1. The minimum Gasteiger partial charge on any atom is -0.497 e. The van der Waals surface area contributed by atoms with E-state index in [0.29, 0.717) is 32.6 Å². The van der Waals surface area contributed by atoms with E-state index in [9.17, 15) is 9.59 Å². The second kappa shape index (κ2) is 9.68. The molecule has 0 saturated carbocycles. The molecule has 0 radical (unpaired) electrons. The Morgan fingerprint density at radius 2 is 1.91 bits per heavy atom. The lowest BCUT2D eigenvalue weighted by Gasteiger charge is -2.14. The van der Waals surface area contributed by atoms with E-state index in [1.54, 1.807) is 32.2 Å². The number of aromatic nitrogens is 2. The van der Waals surface area contributed by atoms with E-state index in [-0.39, 0.29) is 11.5 Å². The summed E-state index contributed by atoms with van der Waals surface area (Å²) in [6.45, 7) is 3.78. The molecule has 7 nitrogen and oxygen atoms in total. The maximum atomic E-state index is 12.9. The van der Waals surface area contributed by atoms with Gasteiger partial charge in [-0.1, -0.05) is 41.6 Å². The Labute approximate surface area is 199 Å². The Bertz CT molecular complexity index is 1360. The fourth-order valence-corrected chi connectivity index (χ4v) is 5.10. The van der Waals surface area contributed by atoms with Gasteiger partial charge in [0.1, 0.15) is 16.3 Å². The largest absolute Gasteiger partial charge is 0.497 e. The standard InChI is InChI=1S/C24H23N3O4S2/c1-13-5-7-15(8-6-13)17-12-32-23-20(17)22(29)26-24(27-23)33-14(2)21(28)25-18-11-16(30-3)9-10-19(18)31-4/h5-12,14H,1-4H3,(H,25,28)(H,26,27,29). The molecule has 9 heteroatoms. The normalized spacial score (nSPS) is 11.9. The quantitative estimate of drug-likeness (QED) is 0.282. The van der Waals surface area contributed by atoms with Gasteiger partial charge in [0, 0.05) is 17.0 Å². The highest BCUT2D eigenvalue weighted by Crippen LogP contribution is 2.33. The maximum absolute atomic E-state index is 12.9. The van der Waals surface area contributed by atoms with E-state index < -0.39 is 5.25 Å². The Morgan fingerprint density at radius 1 is 1.15 bits per heavy atom. The molecule has 0 aliphatic heterocycles. The van der Waals surface area contributed by atoms with Gasteiger partial charge in [-0.25, -0.2) is 4.98 Å². The number of thiophene rings is 1. The summed E-state index contributed by atoms with van der Waals surface area (Å²) in [6.07, 6.45) is 0. The number of aromatic amines is 1. The van der Waals surface area contributed by atoms with Crippen molar-refractivity contribution in [3.63, 3.8) is 0 Å². The zero-order valence-corrected chi connectivity index (χ0v) is 20.2. The average Bonchev–Trinajstić information content (AvgIpc) is 3.24. The summed E-state index contributed by atoms with van der Waals surface area (Å²) in [4.78, 5) is 33.7. The SMILES string of the molecule is COc1ccc(OC)c(NC(=O)C(C)Sc2nc3scc(-c4ccc(C)cc4)c3c(=O)[nH]2)c1. The van der Waals surface area contributed by atoms with Crippen LogP contribution < -0.4 is 20.3 Å². The predicted molar refractivity (Wildman–Crippen MR) is 134 cm³/mol. The summed E-state index contributed by atoms with van der Waals surface area (Å²) in [5.41, 5.74) is 3.27. The van der Waals surface area contributed by atoms with E-state index in [1.165, 1.54) is 30.2 Å². The molecular formula is C24H23N3O4S2. The number of nitrogens with zero attached hydrogens (tertiary/aromatic N) is 1. The Morgan fingerprint density at radius 3 is 2.61 bits per heavy atom. The van der Waals surface area contributed by atoms with Crippen LogP contribution in [-0.4, -0.2) is 35.3 Å². The number of fused-ring (bicyclic) bond motifs is 1. The van der Waals surface area contributed by atoms with Crippen LogP contribution in [0, 0.1) is 6.92 Å². The van der Waals surface area contributed by atoms with E-state index in [4.69, 9.17) is 9.47 Å². The number of nitrogens with one attached hydrogen (secondary N) is 2. The van der Waals surface area contributed by atoms with E-state index >= 15 is 0 Å². The van der Waals surface area contributed by atoms with Gasteiger partial charge in [-0.15, -0.1) is 11.3 Å². The number of ether oxygens (including phenoxy) is 2. The number of aryl methyl sites for hydroxylation is 1. The molecule has 4 aromatic rings. The molecule has 2 aromatic carbocycles. The smallest absolute Gasteiger partial charge is 0.260 e. The number of hydrogen-bond donors (Lipinski definition) is 2. The number of methoxy groups -OCH3 is 2. The summed E-state index contributed by atoms with van der Waals surface area (Å²) in [5, 5.41) is 5.24. The number of hydrogen-bond acceptors (Lipinski definition) is 7. The Kier molecular flexibility index (Phi) is 6.71. The molecule has 0 saturated heterocycles. The first kappa shape index (κ1) is 22.9. The van der Waals surface area contributed by atoms with Crippen molar-refractivity contribution in [2.45, 2.75) is 24.3 Å². The van der Waals surface area contributed by atoms with Crippen LogP contribution in [0.15, 0.2) is 57.8 Å². The van der Waals surface area contributed by atoms with E-state index in [2.05, 4.69) is 15.3 Å². The highest BCUT2D eigenvalue weighted by atomic mass is 32.2. The van der Waals surface area contributed by atoms with Crippen LogP contribution >= 0.6 is 23.1 Å². The van der Waals surface area contributed by atoms with Gasteiger partial charge in [0.2, 0.25) is 5.91 Å². The molecule has 2 N–H and O–H groups in total. The number of thioether (sulfide) groups is 1. The van der Waals surface area contributed by atoms with Crippen LogP contribution in [0.2, 0.25) is 0 Å². The zero-order chi connectivity index (χ0) is 23.5. The van der Waals surface area contributed by atoms with Gasteiger partial charge in [0.05, 0.1) is 30.5 Å². The summed E-state index contributed by atoms with van der Waals surface area (Å²) >= 11 is 2.60. The number of anilines is 1. The number of benzene rings is 2. The number of H-pyrrole nitrogens is 1. The van der Waals surface area contributed by atoms with Crippen LogP contribution in [0.5, 0.6) is 11.5 Å². The second-order valence-corrected chi connectivity index (χ2v) is 9.57. The number of amides is 1. The lowest BCUT2D eigenvalue weighted by Crippen LogP contribution is -2.23. The molecule has 33 heavy (non-hydrogen) atoms. The maximum Gasteiger partial charge on any atom is 0.260 e. The molecule has 0 aliphatic carbocycles. The molecule has 1 unspecified atom stereocenters. The van der Waals surface area contributed by atoms with Crippen molar-refractivity contribution in [2.75, 3.05) is 19.5 Å². The number of rotatable bonds is 7. The van der Waals surface area contributed by atoms with Gasteiger partial charge in [-0.05, 0) is 31.5 Å². The molecule has 0 bridgehead atoms. The molecule has 4 rings (SSSR count). The van der Waals surface area contributed by atoms with Crippen LogP contribution in [0.4, 0.5) is 5.69 Å². The molecule has 2 heterocycles. The number of carbonyl (C=O) groups is 1. The fourth-order valence-electron chi connectivity index (χ4n) is 3.30. The van der Waals surface area contributed by atoms with Crippen LogP contribution in [-0.2, 0) is 4.79 Å². The molecular weight excluding hydrogens is 458 g/mol. The van der Waals surface area contributed by atoms with Crippen molar-refractivity contribution in [3.05, 3.63) is 63.8 Å². The summed E-state index contributed by atoms with van der Waals surface area (Å²) in [6, 6.07) is 13.2. The average molecular weight is 482 g/mol. The third-order valence-corrected chi connectivity index (χ3v) is 6.96. The van der Waals surface area contributed by atoms with Crippen molar-refractivity contribution < 1.29 is 14.3 Å². The lowest BCUT2D eigenvalue weighted by molar-refractivity contribution is -0.115. The highest BCUT2D eigenvalue weighted by molar-refractivity contribution is 8.00. The first-order valence-electron chi connectivity index (χ1n) is 10.2. The van der Waals surface area contributed by atoms with Gasteiger partial charge in [-0.2, -0.15) is 0 Å². The topological polar surface area (TPSA) is 93.3 Å². The van der Waals surface area contributed by atoms with Crippen molar-refractivity contribution in [2.24, 2.45) is 0 Å². The minimum absolute atomic E-state index is 0.221. The summed E-state index contributed by atoms with van der Waals surface area (Å²) in [7, 11) is 3.09. The summed E-state index contributed by atoms with van der Waals surface area (Å²) < 4.78 is 10.5. The third kappa shape index (κ3) is 4.89. The molecule has 0 fully saturated rings. The molecule has 0 spiro atoms. The third-order valence-electron chi connectivity index (χ3n) is 5.11. The predicted octanol–water partition coefficient (Wildman–Crippen LogP) is 5.10. The van der Waals surface area contributed by atoms with Gasteiger partial charge >= 0.3 is 0 Å². The van der Waals surface area contributed by atoms with Gasteiger partial charge in [0.15, 0.2) is 5.16 Å². The molecule has 0 aliphatic rings. The number of carbonyl (C=O) groups excluding carboxylic acids is 1. The monoisotopic (exact) mass is 481 g/mol.